The molecule has 0 fully saturated rings. The van der Waals surface area contributed by atoms with E-state index in [9.17, 15) is 14.7 Å². The number of aliphatic hydroxyl groups excluding tert-OH is 1. The van der Waals surface area contributed by atoms with Crippen molar-refractivity contribution in [2.24, 2.45) is 0 Å². The zero-order chi connectivity index (χ0) is 21.1. The number of nitrogens with one attached hydrogen (secondary N) is 2. The molecule has 2 amide bonds. The minimum Gasteiger partial charge on any atom is -0.491 e. The molecule has 0 bridgehead atoms. The number of amides is 2. The molecule has 0 radical (unpaired) electrons. The molecule has 3 aromatic rings. The second kappa shape index (κ2) is 8.73. The van der Waals surface area contributed by atoms with E-state index in [2.05, 4.69) is 10.6 Å². The number of carbonyl (C=O) groups excluding carboxylic acids is 2. The van der Waals surface area contributed by atoms with Gasteiger partial charge < -0.3 is 20.5 Å². The fourth-order valence-electron chi connectivity index (χ4n) is 3.47. The van der Waals surface area contributed by atoms with Crippen LogP contribution in [0.2, 0.25) is 5.02 Å². The summed E-state index contributed by atoms with van der Waals surface area (Å²) in [5, 5.41) is 17.9. The summed E-state index contributed by atoms with van der Waals surface area (Å²) in [5.74, 6) is 0.309. The van der Waals surface area contributed by atoms with E-state index in [0.29, 0.717) is 29.2 Å². The quantitative estimate of drug-likeness (QED) is 0.564. The number of benzene rings is 3. The van der Waals surface area contributed by atoms with Crippen LogP contribution >= 0.6 is 11.6 Å². The van der Waals surface area contributed by atoms with E-state index in [1.807, 2.05) is 30.3 Å². The number of carbonyl (C=O) groups is 2. The van der Waals surface area contributed by atoms with Gasteiger partial charge >= 0.3 is 0 Å². The van der Waals surface area contributed by atoms with Crippen molar-refractivity contribution in [1.29, 1.82) is 0 Å². The maximum Gasteiger partial charge on any atom is 0.252 e. The van der Waals surface area contributed by atoms with E-state index in [1.54, 1.807) is 24.3 Å². The molecule has 0 aliphatic carbocycles. The number of ether oxygens (including phenoxy) is 1. The molecule has 7 heteroatoms. The average Bonchev–Trinajstić information content (AvgIpc) is 2.75. The Morgan fingerprint density at radius 1 is 1.17 bits per heavy atom. The summed E-state index contributed by atoms with van der Waals surface area (Å²) in [4.78, 5) is 24.0. The Morgan fingerprint density at radius 2 is 2.00 bits per heavy atom. The Labute approximate surface area is 178 Å². The van der Waals surface area contributed by atoms with Crippen LogP contribution in [0.3, 0.4) is 0 Å². The van der Waals surface area contributed by atoms with Crippen LogP contribution in [0, 0.1) is 0 Å². The van der Waals surface area contributed by atoms with Gasteiger partial charge in [0.1, 0.15) is 18.5 Å². The van der Waals surface area contributed by atoms with Crippen molar-refractivity contribution in [3.05, 3.63) is 70.7 Å². The fourth-order valence-corrected chi connectivity index (χ4v) is 3.70. The largest absolute Gasteiger partial charge is 0.491 e. The van der Waals surface area contributed by atoms with Gasteiger partial charge in [0.25, 0.3) is 5.91 Å². The van der Waals surface area contributed by atoms with Crippen molar-refractivity contribution in [3.63, 3.8) is 0 Å². The molecule has 1 aliphatic rings. The van der Waals surface area contributed by atoms with Crippen molar-refractivity contribution < 1.29 is 19.4 Å². The van der Waals surface area contributed by atoms with Crippen LogP contribution in [0.15, 0.2) is 54.6 Å². The zero-order valence-electron chi connectivity index (χ0n) is 16.2. The fraction of sp³-hybridized carbons (Fsp3) is 0.217. The predicted octanol–water partition coefficient (Wildman–Crippen LogP) is 3.55. The zero-order valence-corrected chi connectivity index (χ0v) is 16.9. The summed E-state index contributed by atoms with van der Waals surface area (Å²) < 4.78 is 5.65. The Balaban J connectivity index is 1.34. The average molecular weight is 425 g/mol. The molecule has 1 unspecified atom stereocenters. The molecule has 3 N–H and O–H groups in total. The topological polar surface area (TPSA) is 87.7 Å². The van der Waals surface area contributed by atoms with Crippen LogP contribution in [0.4, 0.5) is 5.69 Å². The molecule has 6 nitrogen and oxygen atoms in total. The van der Waals surface area contributed by atoms with E-state index in [-0.39, 0.29) is 25.0 Å². The molecule has 3 aromatic carbocycles. The van der Waals surface area contributed by atoms with Gasteiger partial charge in [-0.1, -0.05) is 35.9 Å². The normalized spacial score (nSPS) is 14.0. The lowest BCUT2D eigenvalue weighted by molar-refractivity contribution is -0.116. The van der Waals surface area contributed by atoms with Crippen LogP contribution < -0.4 is 15.4 Å². The van der Waals surface area contributed by atoms with Crippen molar-refractivity contribution in [1.82, 2.24) is 5.32 Å². The van der Waals surface area contributed by atoms with Gasteiger partial charge in [0.15, 0.2) is 0 Å². The molecule has 0 saturated heterocycles. The number of aryl methyl sites for hydroxylation is 1. The molecule has 0 saturated carbocycles. The highest BCUT2D eigenvalue weighted by Crippen LogP contribution is 2.27. The molecule has 1 heterocycles. The van der Waals surface area contributed by atoms with Gasteiger partial charge in [0, 0.05) is 29.2 Å². The molecule has 0 spiro atoms. The summed E-state index contributed by atoms with van der Waals surface area (Å²) in [6, 6.07) is 16.3. The minimum atomic E-state index is -0.880. The van der Waals surface area contributed by atoms with E-state index >= 15 is 0 Å². The van der Waals surface area contributed by atoms with Crippen molar-refractivity contribution in [3.8, 4) is 5.75 Å². The second-order valence-corrected chi connectivity index (χ2v) is 7.65. The first-order valence-corrected chi connectivity index (χ1v) is 10.1. The van der Waals surface area contributed by atoms with Gasteiger partial charge in [-0.05, 0) is 53.1 Å². The number of hydrogen-bond donors (Lipinski definition) is 3. The van der Waals surface area contributed by atoms with Crippen molar-refractivity contribution >= 4 is 39.9 Å². The number of fused-ring (bicyclic) bond motifs is 2. The summed E-state index contributed by atoms with van der Waals surface area (Å²) in [5.41, 5.74) is 2.26. The van der Waals surface area contributed by atoms with E-state index in [0.717, 1.165) is 22.0 Å². The van der Waals surface area contributed by atoms with Gasteiger partial charge in [-0.2, -0.15) is 0 Å². The summed E-state index contributed by atoms with van der Waals surface area (Å²) in [6.07, 6.45) is 0.226. The maximum absolute atomic E-state index is 12.6. The molecule has 1 atom stereocenters. The number of hydrogen-bond acceptors (Lipinski definition) is 4. The summed E-state index contributed by atoms with van der Waals surface area (Å²) in [7, 11) is 0. The third-order valence-corrected chi connectivity index (χ3v) is 5.20. The highest BCUT2D eigenvalue weighted by Gasteiger charge is 2.16. The van der Waals surface area contributed by atoms with E-state index in [4.69, 9.17) is 16.3 Å². The lowest BCUT2D eigenvalue weighted by Gasteiger charge is -2.18. The third kappa shape index (κ3) is 4.56. The highest BCUT2D eigenvalue weighted by molar-refractivity contribution is 6.32. The minimum absolute atomic E-state index is 0.00909. The molecule has 0 aromatic heterocycles. The van der Waals surface area contributed by atoms with Crippen LogP contribution in [-0.2, 0) is 11.2 Å². The SMILES string of the molecule is O=C1CCc2cc(OCC(O)CNC(=O)c3cc(Cl)cc4ccccc34)ccc2N1. The number of anilines is 1. The Bertz CT molecular complexity index is 1120. The smallest absolute Gasteiger partial charge is 0.252 e. The van der Waals surface area contributed by atoms with Gasteiger partial charge in [0.2, 0.25) is 5.91 Å². The van der Waals surface area contributed by atoms with Crippen molar-refractivity contribution in [2.45, 2.75) is 18.9 Å². The molecule has 1 aliphatic heterocycles. The monoisotopic (exact) mass is 424 g/mol. The second-order valence-electron chi connectivity index (χ2n) is 7.22. The van der Waals surface area contributed by atoms with Crippen LogP contribution in [-0.4, -0.2) is 36.2 Å². The Morgan fingerprint density at radius 3 is 2.87 bits per heavy atom. The first-order chi connectivity index (χ1) is 14.5. The Kier molecular flexibility index (Phi) is 5.88. The summed E-state index contributed by atoms with van der Waals surface area (Å²) >= 11 is 6.13. The highest BCUT2D eigenvalue weighted by atomic mass is 35.5. The van der Waals surface area contributed by atoms with Crippen LogP contribution in [0.25, 0.3) is 10.8 Å². The number of rotatable bonds is 6. The molecule has 30 heavy (non-hydrogen) atoms. The predicted molar refractivity (Wildman–Crippen MR) is 116 cm³/mol. The van der Waals surface area contributed by atoms with Crippen LogP contribution in [0.5, 0.6) is 5.75 Å². The molecular formula is C23H21ClN2O4. The molecule has 154 valence electrons. The van der Waals surface area contributed by atoms with Crippen molar-refractivity contribution in [2.75, 3.05) is 18.5 Å². The molecular weight excluding hydrogens is 404 g/mol. The van der Waals surface area contributed by atoms with Crippen LogP contribution in [0.1, 0.15) is 22.3 Å². The lowest BCUT2D eigenvalue weighted by atomic mass is 10.0. The van der Waals surface area contributed by atoms with Gasteiger partial charge in [-0.15, -0.1) is 0 Å². The van der Waals surface area contributed by atoms with Gasteiger partial charge in [-0.3, -0.25) is 9.59 Å². The van der Waals surface area contributed by atoms with Gasteiger partial charge in [-0.25, -0.2) is 0 Å². The van der Waals surface area contributed by atoms with Gasteiger partial charge in [0.05, 0.1) is 0 Å². The lowest BCUT2D eigenvalue weighted by Crippen LogP contribution is -2.35. The van der Waals surface area contributed by atoms with E-state index < -0.39 is 6.10 Å². The van der Waals surface area contributed by atoms with E-state index in [1.165, 1.54) is 0 Å². The first kappa shape index (κ1) is 20.2. The number of halogens is 1. The maximum atomic E-state index is 12.6. The molecule has 4 rings (SSSR count). The summed E-state index contributed by atoms with van der Waals surface area (Å²) in [6.45, 7) is 0.0718. The standard InChI is InChI=1S/C23H21ClN2O4/c24-16-9-14-3-1-2-4-19(14)20(11-16)23(29)25-12-17(27)13-30-18-6-7-21-15(10-18)5-8-22(28)26-21/h1-4,6-7,9-11,17,27H,5,8,12-13H2,(H,25,29)(H,26,28). The Hall–Kier alpha value is -3.09. The number of aliphatic hydroxyl groups is 1. The first-order valence-electron chi connectivity index (χ1n) is 9.70. The third-order valence-electron chi connectivity index (χ3n) is 4.98.